The molecule has 0 fully saturated rings. The highest BCUT2D eigenvalue weighted by Gasteiger charge is 2.28. The zero-order valence-electron chi connectivity index (χ0n) is 17.9. The lowest BCUT2D eigenvalue weighted by Crippen LogP contribution is -2.30. The second-order valence-electron chi connectivity index (χ2n) is 8.04. The molecule has 5 rings (SSSR count). The first-order valence-electron chi connectivity index (χ1n) is 10.4. The minimum atomic E-state index is 1.19. The molecule has 0 bridgehead atoms. The largest absolute Gasteiger partial charge is 0.324 e. The minimum Gasteiger partial charge on any atom is -0.324 e. The van der Waals surface area contributed by atoms with Crippen LogP contribution in [0.3, 0.4) is 0 Å². The highest BCUT2D eigenvalue weighted by atomic mass is 15.2. The van der Waals surface area contributed by atoms with Gasteiger partial charge in [-0.25, -0.2) is 4.57 Å². The van der Waals surface area contributed by atoms with E-state index in [1.807, 2.05) is 0 Å². The predicted molar refractivity (Wildman–Crippen MR) is 123 cm³/mol. The van der Waals surface area contributed by atoms with Crippen molar-refractivity contribution in [3.8, 4) is 22.8 Å². The number of benzene rings is 3. The Labute approximate surface area is 177 Å². The third-order valence-corrected chi connectivity index (χ3v) is 6.00. The average molecular weight is 393 g/mol. The molecule has 5 aromatic rings. The maximum Gasteiger partial charge on any atom is 0.295 e. The van der Waals surface area contributed by atoms with Crippen LogP contribution in [-0.2, 0) is 7.05 Å². The van der Waals surface area contributed by atoms with Crippen molar-refractivity contribution < 1.29 is 4.57 Å². The van der Waals surface area contributed by atoms with Gasteiger partial charge < -0.3 is 4.57 Å². The number of imidazole rings is 1. The molecule has 3 aromatic carbocycles. The van der Waals surface area contributed by atoms with E-state index < -0.39 is 0 Å². The lowest BCUT2D eigenvalue weighted by molar-refractivity contribution is -0.633. The molecule has 0 spiro atoms. The van der Waals surface area contributed by atoms with Crippen LogP contribution in [0.25, 0.3) is 33.8 Å². The van der Waals surface area contributed by atoms with Crippen molar-refractivity contribution in [3.63, 3.8) is 0 Å². The van der Waals surface area contributed by atoms with Gasteiger partial charge in [0.15, 0.2) is 11.0 Å². The molecule has 0 saturated heterocycles. The molecule has 2 heterocycles. The highest BCUT2D eigenvalue weighted by molar-refractivity contribution is 5.80. The van der Waals surface area contributed by atoms with E-state index >= 15 is 0 Å². The van der Waals surface area contributed by atoms with Crippen molar-refractivity contribution in [1.29, 1.82) is 0 Å². The molecule has 0 aliphatic rings. The van der Waals surface area contributed by atoms with E-state index in [0.29, 0.717) is 0 Å². The van der Waals surface area contributed by atoms with Crippen molar-refractivity contribution >= 4 is 11.0 Å². The maximum atomic E-state index is 2.43. The van der Waals surface area contributed by atoms with Gasteiger partial charge in [0.1, 0.15) is 5.69 Å². The van der Waals surface area contributed by atoms with Gasteiger partial charge in [0, 0.05) is 18.1 Å². The smallest absolute Gasteiger partial charge is 0.295 e. The van der Waals surface area contributed by atoms with Crippen molar-refractivity contribution in [2.75, 3.05) is 0 Å². The van der Waals surface area contributed by atoms with Gasteiger partial charge in [-0.05, 0) is 79.9 Å². The Morgan fingerprint density at radius 1 is 0.700 bits per heavy atom. The quantitative estimate of drug-likeness (QED) is 0.343. The Bertz CT molecular complexity index is 1350. The SMILES string of the molecule is Cc1ccccc1-c1n(-c2c(C)cc(-n3cccc3)cc2C)c2ccccc2[n+]1C. The van der Waals surface area contributed by atoms with Gasteiger partial charge in [-0.3, -0.25) is 0 Å². The maximum absolute atomic E-state index is 2.43. The number of para-hydroxylation sites is 2. The molecular formula is C27H26N3+. The fourth-order valence-electron chi connectivity index (χ4n) is 4.61. The molecule has 0 unspecified atom stereocenters. The molecule has 0 amide bonds. The molecule has 2 aromatic heterocycles. The summed E-state index contributed by atoms with van der Waals surface area (Å²) in [5.41, 5.74) is 9.94. The summed E-state index contributed by atoms with van der Waals surface area (Å²) in [7, 11) is 2.17. The summed E-state index contributed by atoms with van der Waals surface area (Å²) in [4.78, 5) is 0. The highest BCUT2D eigenvalue weighted by Crippen LogP contribution is 2.33. The van der Waals surface area contributed by atoms with Crippen molar-refractivity contribution in [2.24, 2.45) is 7.05 Å². The monoisotopic (exact) mass is 392 g/mol. The zero-order valence-corrected chi connectivity index (χ0v) is 17.9. The summed E-state index contributed by atoms with van der Waals surface area (Å²) in [6.45, 7) is 6.61. The zero-order chi connectivity index (χ0) is 20.8. The predicted octanol–water partition coefficient (Wildman–Crippen LogP) is 5.84. The van der Waals surface area contributed by atoms with Gasteiger partial charge in [-0.2, -0.15) is 4.57 Å². The summed E-state index contributed by atoms with van der Waals surface area (Å²) >= 11 is 0. The van der Waals surface area contributed by atoms with E-state index in [9.17, 15) is 0 Å². The Balaban J connectivity index is 1.86. The molecule has 0 radical (unpaired) electrons. The number of hydrogen-bond donors (Lipinski definition) is 0. The van der Waals surface area contributed by atoms with Gasteiger partial charge in [0.2, 0.25) is 0 Å². The summed E-state index contributed by atoms with van der Waals surface area (Å²) < 4.78 is 6.91. The van der Waals surface area contributed by atoms with E-state index in [4.69, 9.17) is 0 Å². The number of hydrogen-bond acceptors (Lipinski definition) is 0. The van der Waals surface area contributed by atoms with E-state index in [1.54, 1.807) is 0 Å². The molecule has 30 heavy (non-hydrogen) atoms. The Hall–Kier alpha value is -3.59. The van der Waals surface area contributed by atoms with Crippen LogP contribution in [0.1, 0.15) is 16.7 Å². The van der Waals surface area contributed by atoms with Crippen LogP contribution in [0.5, 0.6) is 0 Å². The van der Waals surface area contributed by atoms with E-state index in [-0.39, 0.29) is 0 Å². The van der Waals surface area contributed by atoms with Crippen LogP contribution in [0.15, 0.2) is 85.2 Å². The molecule has 0 atom stereocenters. The van der Waals surface area contributed by atoms with Crippen LogP contribution in [-0.4, -0.2) is 9.13 Å². The number of nitrogens with zero attached hydrogens (tertiary/aromatic N) is 3. The molecule has 3 nitrogen and oxygen atoms in total. The van der Waals surface area contributed by atoms with Crippen LogP contribution >= 0.6 is 0 Å². The number of rotatable bonds is 3. The third-order valence-electron chi connectivity index (χ3n) is 6.00. The van der Waals surface area contributed by atoms with E-state index in [2.05, 4.69) is 127 Å². The van der Waals surface area contributed by atoms with Crippen molar-refractivity contribution in [2.45, 2.75) is 20.8 Å². The first kappa shape index (κ1) is 18.4. The molecule has 0 aliphatic carbocycles. The van der Waals surface area contributed by atoms with Gasteiger partial charge in [-0.1, -0.05) is 30.3 Å². The lowest BCUT2D eigenvalue weighted by atomic mass is 10.0. The number of aromatic nitrogens is 3. The summed E-state index contributed by atoms with van der Waals surface area (Å²) in [6.07, 6.45) is 4.19. The van der Waals surface area contributed by atoms with Crippen LogP contribution in [0.2, 0.25) is 0 Å². The fourth-order valence-corrected chi connectivity index (χ4v) is 4.61. The Morgan fingerprint density at radius 3 is 2.03 bits per heavy atom. The lowest BCUT2D eigenvalue weighted by Gasteiger charge is -2.13. The van der Waals surface area contributed by atoms with Gasteiger partial charge in [0.05, 0.1) is 12.6 Å². The summed E-state index contributed by atoms with van der Waals surface area (Å²) in [6, 6.07) is 26.0. The van der Waals surface area contributed by atoms with Crippen molar-refractivity contribution in [3.05, 3.63) is 102 Å². The average Bonchev–Trinajstić information content (AvgIpc) is 3.36. The Morgan fingerprint density at radius 2 is 1.33 bits per heavy atom. The molecule has 0 saturated carbocycles. The summed E-state index contributed by atoms with van der Waals surface area (Å²) in [5.74, 6) is 1.20. The van der Waals surface area contributed by atoms with Gasteiger partial charge in [-0.15, -0.1) is 0 Å². The standard InChI is InChI=1S/C27H26N3/c1-19-11-5-6-12-23(19)27-28(4)24-13-7-8-14-25(24)30(27)26-20(2)17-22(18-21(26)3)29-15-9-10-16-29/h5-18H,1-4H3/q+1. The number of aryl methyl sites for hydroxylation is 4. The van der Waals surface area contributed by atoms with Gasteiger partial charge in [0.25, 0.3) is 5.82 Å². The second-order valence-corrected chi connectivity index (χ2v) is 8.04. The molecule has 0 N–H and O–H groups in total. The first-order chi connectivity index (χ1) is 14.6. The summed E-state index contributed by atoms with van der Waals surface area (Å²) in [5, 5.41) is 0. The molecular weight excluding hydrogens is 366 g/mol. The van der Waals surface area contributed by atoms with Crippen LogP contribution < -0.4 is 4.57 Å². The minimum absolute atomic E-state index is 1.19. The van der Waals surface area contributed by atoms with Crippen LogP contribution in [0.4, 0.5) is 0 Å². The molecule has 3 heteroatoms. The Kier molecular flexibility index (Phi) is 4.32. The van der Waals surface area contributed by atoms with Crippen molar-refractivity contribution in [1.82, 2.24) is 9.13 Å². The third kappa shape index (κ3) is 2.78. The number of fused-ring (bicyclic) bond motifs is 1. The van der Waals surface area contributed by atoms with E-state index in [1.165, 1.54) is 50.5 Å². The topological polar surface area (TPSA) is 13.7 Å². The van der Waals surface area contributed by atoms with Gasteiger partial charge >= 0.3 is 0 Å². The fraction of sp³-hybridized carbons (Fsp3) is 0.148. The first-order valence-corrected chi connectivity index (χ1v) is 10.4. The second kappa shape index (κ2) is 7.03. The molecule has 148 valence electrons. The van der Waals surface area contributed by atoms with Crippen LogP contribution in [0, 0.1) is 20.8 Å². The molecule has 0 aliphatic heterocycles. The van der Waals surface area contributed by atoms with E-state index in [0.717, 1.165) is 0 Å². The normalized spacial score (nSPS) is 11.3.